The number of hydrogen-bond donors (Lipinski definition) is 1. The molecule has 4 nitrogen and oxygen atoms in total. The number of nitrogens with zero attached hydrogens (tertiary/aromatic N) is 1. The maximum atomic E-state index is 13.0. The van der Waals surface area contributed by atoms with E-state index in [0.29, 0.717) is 34.3 Å². The van der Waals surface area contributed by atoms with Gasteiger partial charge >= 0.3 is 0 Å². The van der Waals surface area contributed by atoms with E-state index in [-0.39, 0.29) is 11.8 Å². The van der Waals surface area contributed by atoms with Crippen molar-refractivity contribution in [2.45, 2.75) is 19.4 Å². The minimum atomic E-state index is -0.151. The van der Waals surface area contributed by atoms with Crippen LogP contribution in [0.2, 0.25) is 10.0 Å². The minimum Gasteiger partial charge on any atom is -0.348 e. The fourth-order valence-electron chi connectivity index (χ4n) is 3.63. The first-order valence-electron chi connectivity index (χ1n) is 9.74. The van der Waals surface area contributed by atoms with Gasteiger partial charge < -0.3 is 10.2 Å². The van der Waals surface area contributed by atoms with Gasteiger partial charge in [0, 0.05) is 39.9 Å². The van der Waals surface area contributed by atoms with Crippen LogP contribution in [0.3, 0.4) is 0 Å². The van der Waals surface area contributed by atoms with Crippen molar-refractivity contribution in [3.05, 3.63) is 99.0 Å². The predicted octanol–water partition coefficient (Wildman–Crippen LogP) is 5.52. The Morgan fingerprint density at radius 2 is 1.70 bits per heavy atom. The van der Waals surface area contributed by atoms with Gasteiger partial charge in [0.1, 0.15) is 0 Å². The lowest BCUT2D eigenvalue weighted by molar-refractivity contribution is 0.0949. The van der Waals surface area contributed by atoms with Crippen LogP contribution in [0, 0.1) is 0 Å². The van der Waals surface area contributed by atoms with E-state index in [1.165, 1.54) is 0 Å². The summed E-state index contributed by atoms with van der Waals surface area (Å²) in [5.74, 6) is -0.204. The summed E-state index contributed by atoms with van der Waals surface area (Å²) in [5, 5.41) is 4.07. The summed E-state index contributed by atoms with van der Waals surface area (Å²) >= 11 is 11.9. The quantitative estimate of drug-likeness (QED) is 0.582. The molecule has 0 bridgehead atoms. The molecule has 3 aromatic carbocycles. The van der Waals surface area contributed by atoms with Crippen molar-refractivity contribution >= 4 is 40.7 Å². The number of halogens is 2. The number of aryl methyl sites for hydroxylation is 1. The number of nitrogens with one attached hydrogen (secondary N) is 1. The van der Waals surface area contributed by atoms with Crippen molar-refractivity contribution in [2.24, 2.45) is 0 Å². The maximum absolute atomic E-state index is 13.0. The molecule has 4 rings (SSSR count). The molecule has 0 spiro atoms. The molecule has 1 aliphatic rings. The smallest absolute Gasteiger partial charge is 0.258 e. The highest BCUT2D eigenvalue weighted by Gasteiger charge is 2.24. The van der Waals surface area contributed by atoms with Crippen molar-refractivity contribution in [2.75, 3.05) is 11.4 Å². The Balaban J connectivity index is 1.48. The van der Waals surface area contributed by atoms with E-state index in [1.54, 1.807) is 53.4 Å². The molecule has 0 saturated heterocycles. The zero-order valence-corrected chi connectivity index (χ0v) is 17.7. The summed E-state index contributed by atoms with van der Waals surface area (Å²) in [6.07, 6.45) is 1.79. The van der Waals surface area contributed by atoms with Crippen LogP contribution < -0.4 is 10.2 Å². The Kier molecular flexibility index (Phi) is 6.07. The zero-order chi connectivity index (χ0) is 21.1. The summed E-state index contributed by atoms with van der Waals surface area (Å²) in [5.41, 5.74) is 4.16. The van der Waals surface area contributed by atoms with Gasteiger partial charge in [0.15, 0.2) is 0 Å². The average Bonchev–Trinajstić information content (AvgIpc) is 2.77. The first kappa shape index (κ1) is 20.5. The van der Waals surface area contributed by atoms with Crippen LogP contribution in [-0.4, -0.2) is 18.4 Å². The van der Waals surface area contributed by atoms with Crippen molar-refractivity contribution in [1.29, 1.82) is 0 Å². The number of anilines is 1. The maximum Gasteiger partial charge on any atom is 0.258 e. The number of hydrogen-bond acceptors (Lipinski definition) is 2. The Labute approximate surface area is 185 Å². The molecular formula is C24H20Cl2N2O2. The van der Waals surface area contributed by atoms with E-state index in [9.17, 15) is 9.59 Å². The molecule has 0 radical (unpaired) electrons. The second-order valence-electron chi connectivity index (χ2n) is 7.22. The molecule has 30 heavy (non-hydrogen) atoms. The lowest BCUT2D eigenvalue weighted by Crippen LogP contribution is -2.35. The van der Waals surface area contributed by atoms with Crippen LogP contribution in [0.5, 0.6) is 0 Å². The van der Waals surface area contributed by atoms with Crippen molar-refractivity contribution in [3.8, 4) is 0 Å². The van der Waals surface area contributed by atoms with Gasteiger partial charge in [-0.05, 0) is 72.5 Å². The van der Waals surface area contributed by atoms with Gasteiger partial charge in [-0.1, -0.05) is 41.4 Å². The second kappa shape index (κ2) is 8.90. The second-order valence-corrected chi connectivity index (χ2v) is 8.10. The fraction of sp³-hybridized carbons (Fsp3) is 0.167. The van der Waals surface area contributed by atoms with E-state index >= 15 is 0 Å². The molecule has 152 valence electrons. The molecule has 0 fully saturated rings. The van der Waals surface area contributed by atoms with Gasteiger partial charge in [-0.2, -0.15) is 0 Å². The SMILES string of the molecule is O=C(NCc1ccc2c(c1)CCCN2C(=O)c1cccc(Cl)c1)c1ccc(Cl)cc1. The van der Waals surface area contributed by atoms with Gasteiger partial charge in [-0.3, -0.25) is 9.59 Å². The van der Waals surface area contributed by atoms with Gasteiger partial charge in [0.2, 0.25) is 0 Å². The Morgan fingerprint density at radius 1 is 0.900 bits per heavy atom. The highest BCUT2D eigenvalue weighted by molar-refractivity contribution is 6.31. The minimum absolute atomic E-state index is 0.0535. The molecule has 2 amide bonds. The molecule has 0 aliphatic carbocycles. The van der Waals surface area contributed by atoms with Gasteiger partial charge in [-0.15, -0.1) is 0 Å². The summed E-state index contributed by atoms with van der Waals surface area (Å²) in [6.45, 7) is 1.09. The third-order valence-corrected chi connectivity index (χ3v) is 5.63. The van der Waals surface area contributed by atoms with Crippen LogP contribution in [0.25, 0.3) is 0 Å². The largest absolute Gasteiger partial charge is 0.348 e. The normalized spacial score (nSPS) is 12.9. The summed E-state index contributed by atoms with van der Waals surface area (Å²) in [6, 6.07) is 19.8. The molecule has 6 heteroatoms. The molecule has 1 aliphatic heterocycles. The van der Waals surface area contributed by atoms with E-state index in [4.69, 9.17) is 23.2 Å². The third-order valence-electron chi connectivity index (χ3n) is 5.14. The molecular weight excluding hydrogens is 419 g/mol. The lowest BCUT2D eigenvalue weighted by Gasteiger charge is -2.30. The van der Waals surface area contributed by atoms with Crippen LogP contribution in [0.4, 0.5) is 5.69 Å². The Morgan fingerprint density at radius 3 is 2.47 bits per heavy atom. The van der Waals surface area contributed by atoms with Crippen LogP contribution in [-0.2, 0) is 13.0 Å². The van der Waals surface area contributed by atoms with Gasteiger partial charge in [0.05, 0.1) is 0 Å². The van der Waals surface area contributed by atoms with Crippen LogP contribution in [0.1, 0.15) is 38.3 Å². The number of carbonyl (C=O) groups is 2. The summed E-state index contributed by atoms with van der Waals surface area (Å²) in [7, 11) is 0. The Bertz CT molecular complexity index is 1100. The van der Waals surface area contributed by atoms with Crippen molar-refractivity contribution in [3.63, 3.8) is 0 Å². The number of rotatable bonds is 4. The molecule has 1 N–H and O–H groups in total. The summed E-state index contributed by atoms with van der Waals surface area (Å²) in [4.78, 5) is 27.1. The number of benzene rings is 3. The first-order chi connectivity index (χ1) is 14.5. The molecule has 1 heterocycles. The van der Waals surface area contributed by atoms with E-state index in [0.717, 1.165) is 29.7 Å². The molecule has 0 atom stereocenters. The standard InChI is InChI=1S/C24H20Cl2N2O2/c25-20-9-7-17(8-10-20)23(29)27-15-16-6-11-22-18(13-16)4-2-12-28(22)24(30)19-3-1-5-21(26)14-19/h1,3,5-11,13-14H,2,4,12,15H2,(H,27,29). The fourth-order valence-corrected chi connectivity index (χ4v) is 3.95. The van der Waals surface area contributed by atoms with Crippen molar-refractivity contribution in [1.82, 2.24) is 5.32 Å². The van der Waals surface area contributed by atoms with Crippen LogP contribution in [0.15, 0.2) is 66.7 Å². The monoisotopic (exact) mass is 438 g/mol. The number of amides is 2. The lowest BCUT2D eigenvalue weighted by atomic mass is 9.98. The molecule has 0 saturated carbocycles. The van der Waals surface area contributed by atoms with Crippen LogP contribution >= 0.6 is 23.2 Å². The zero-order valence-electron chi connectivity index (χ0n) is 16.2. The van der Waals surface area contributed by atoms with Gasteiger partial charge in [-0.25, -0.2) is 0 Å². The topological polar surface area (TPSA) is 49.4 Å². The highest BCUT2D eigenvalue weighted by Crippen LogP contribution is 2.30. The van der Waals surface area contributed by atoms with E-state index in [1.807, 2.05) is 12.1 Å². The number of fused-ring (bicyclic) bond motifs is 1. The van der Waals surface area contributed by atoms with E-state index < -0.39 is 0 Å². The predicted molar refractivity (Wildman–Crippen MR) is 121 cm³/mol. The number of carbonyl (C=O) groups excluding carboxylic acids is 2. The molecule has 0 aromatic heterocycles. The highest BCUT2D eigenvalue weighted by atomic mass is 35.5. The first-order valence-corrected chi connectivity index (χ1v) is 10.5. The summed E-state index contributed by atoms with van der Waals surface area (Å²) < 4.78 is 0. The van der Waals surface area contributed by atoms with Crippen molar-refractivity contribution < 1.29 is 9.59 Å². The average molecular weight is 439 g/mol. The van der Waals surface area contributed by atoms with Gasteiger partial charge in [0.25, 0.3) is 11.8 Å². The third kappa shape index (κ3) is 4.50. The van der Waals surface area contributed by atoms with E-state index in [2.05, 4.69) is 11.4 Å². The molecule has 3 aromatic rings. The molecule has 0 unspecified atom stereocenters. The Hall–Kier alpha value is -2.82.